The van der Waals surface area contributed by atoms with E-state index in [4.69, 9.17) is 76.5 Å². The Morgan fingerprint density at radius 3 is 0.778 bits per heavy atom. The Balaban J connectivity index is 0.000000120. The van der Waals surface area contributed by atoms with Crippen LogP contribution in [-0.4, -0.2) is 302 Å². The van der Waals surface area contributed by atoms with Gasteiger partial charge in [0.1, 0.15) is 107 Å². The molecule has 7 aliphatic heterocycles. The van der Waals surface area contributed by atoms with E-state index >= 15 is 0 Å². The summed E-state index contributed by atoms with van der Waals surface area (Å²) in [7, 11) is 0. The Hall–Kier alpha value is -13.0. The van der Waals surface area contributed by atoms with Crippen LogP contribution in [0.3, 0.4) is 0 Å². The van der Waals surface area contributed by atoms with Crippen LogP contribution in [0.1, 0.15) is 128 Å². The van der Waals surface area contributed by atoms with Crippen molar-refractivity contribution in [1.29, 1.82) is 0 Å². The first-order chi connectivity index (χ1) is 64.7. The zero-order chi connectivity index (χ0) is 96.7. The van der Waals surface area contributed by atoms with Crippen LogP contribution in [0.5, 0.6) is 0 Å². The number of aliphatic hydroxyl groups is 5. The van der Waals surface area contributed by atoms with Gasteiger partial charge in [0.05, 0.1) is 99.0 Å². The number of fused-ring (bicyclic) bond motifs is 7. The number of carboxylic acids is 2. The maximum atomic E-state index is 14.4. The highest BCUT2D eigenvalue weighted by Gasteiger charge is 2.53. The van der Waals surface area contributed by atoms with Gasteiger partial charge in [-0.05, 0) is 40.0 Å². The molecular formula is C80H97F7N32O16. The number of aliphatic hydroxyl groups excluding tert-OH is 5. The Morgan fingerprint density at radius 2 is 0.519 bits per heavy atom. The number of ether oxygens (including phenoxy) is 7. The number of carbonyl (C=O) groups is 2. The number of hydrogen-bond donors (Lipinski definition) is 11. The molecule has 135 heavy (non-hydrogen) atoms. The van der Waals surface area contributed by atoms with Gasteiger partial charge in [0.15, 0.2) is 162 Å². The minimum Gasteiger partial charge on any atom is -0.479 e. The molecule has 21 heterocycles. The summed E-state index contributed by atoms with van der Waals surface area (Å²) in [6, 6.07) is 0. The first kappa shape index (κ1) is 96.6. The lowest BCUT2D eigenvalue weighted by Crippen LogP contribution is -2.34. The minimum absolute atomic E-state index is 0.0552. The summed E-state index contributed by atoms with van der Waals surface area (Å²) in [4.78, 5) is 106. The molecule has 0 amide bonds. The fourth-order valence-electron chi connectivity index (χ4n) is 16.7. The zero-order valence-corrected chi connectivity index (χ0v) is 73.6. The van der Waals surface area contributed by atoms with Gasteiger partial charge in [-0.1, -0.05) is 48.5 Å². The van der Waals surface area contributed by atoms with Crippen LogP contribution in [0.2, 0.25) is 0 Å². The lowest BCUT2D eigenvalue weighted by atomic mass is 10.00. The van der Waals surface area contributed by atoms with Crippen LogP contribution < -0.4 is 22.9 Å². The molecule has 14 aromatic rings. The number of nitrogen functional groups attached to an aromatic ring is 4. The first-order valence-corrected chi connectivity index (χ1v) is 42.6. The van der Waals surface area contributed by atoms with Crippen LogP contribution in [0.25, 0.3) is 78.1 Å². The van der Waals surface area contributed by atoms with Crippen molar-refractivity contribution >= 4 is 113 Å². The van der Waals surface area contributed by atoms with E-state index < -0.39 is 166 Å². The molecule has 7 saturated heterocycles. The van der Waals surface area contributed by atoms with E-state index in [0.717, 1.165) is 29.9 Å². The SMILES string of the molecule is CC[C@H]1O[C@@H](n2cnc3c(C)ncnc32)[C@@H](F)[C@@H]1C.CC[C@H]1O[C@@H](n2cnc3c(C)ncnc32)[C@@H](F)[C@@H]1C.CC[C@H]1O[C@@H](n2cnc3c(C)ncnc32)[C@@H](F)[C@@H]1O.C[C@H]1[C@H](F)[C@H](n2cnc3c(N)ncnc32)O[C@@H]1C(=O)O.C[C@H]1[C@H](F)[C@H](n2cnc3c(N)ncnc32)O[C@@H]1CO.Nc1ncnc2c1ncn2[C@@H]1O[C@H](C(=O)O)[C@@H](O)[C@@H]1F.Nc1ncnc2c1ncn2[C@@H]1O[C@H](CO)[C@@H](O)[C@@H]1F. The van der Waals surface area contributed by atoms with Gasteiger partial charge < -0.3 is 91.8 Å². The normalized spacial score (nSPS) is 30.8. The molecule has 15 N–H and O–H groups in total. The number of nitrogens with zero attached hydrogens (tertiary/aromatic N) is 28. The molecule has 0 spiro atoms. The van der Waals surface area contributed by atoms with Gasteiger partial charge in [-0.15, -0.1) is 0 Å². The number of carboxylic acid groups (broad SMARTS) is 2. The topological polar surface area (TPSA) is 650 Å². The van der Waals surface area contributed by atoms with Crippen LogP contribution in [0.4, 0.5) is 54.0 Å². The molecule has 722 valence electrons. The number of nitrogens with two attached hydrogens (primary N) is 4. The maximum Gasteiger partial charge on any atom is 0.335 e. The monoisotopic (exact) mass is 1890 g/mol. The molecule has 0 saturated carbocycles. The average molecular weight is 1900 g/mol. The van der Waals surface area contributed by atoms with Crippen LogP contribution in [0, 0.1) is 44.4 Å². The third kappa shape index (κ3) is 18.3. The molecule has 48 nitrogen and oxygen atoms in total. The van der Waals surface area contributed by atoms with E-state index in [1.54, 1.807) is 28.7 Å². The van der Waals surface area contributed by atoms with Crippen molar-refractivity contribution in [3.05, 3.63) is 106 Å². The predicted molar refractivity (Wildman–Crippen MR) is 456 cm³/mol. The smallest absolute Gasteiger partial charge is 0.335 e. The van der Waals surface area contributed by atoms with Gasteiger partial charge in [-0.25, -0.2) is 145 Å². The van der Waals surface area contributed by atoms with Crippen molar-refractivity contribution < 1.29 is 109 Å². The summed E-state index contributed by atoms with van der Waals surface area (Å²) in [5.41, 5.74) is 31.2. The summed E-state index contributed by atoms with van der Waals surface area (Å²) < 4.78 is 148. The van der Waals surface area contributed by atoms with Crippen molar-refractivity contribution in [2.45, 2.75) is 236 Å². The van der Waals surface area contributed by atoms with Gasteiger partial charge in [0, 0.05) is 23.7 Å². The summed E-state index contributed by atoms with van der Waals surface area (Å²) in [6.45, 7) is 17.7. The Kier molecular flexibility index (Phi) is 28.8. The highest BCUT2D eigenvalue weighted by atomic mass is 19.2. The number of alkyl halides is 7. The van der Waals surface area contributed by atoms with E-state index in [-0.39, 0.29) is 65.1 Å². The van der Waals surface area contributed by atoms with Crippen molar-refractivity contribution in [3.8, 4) is 0 Å². The van der Waals surface area contributed by atoms with Crippen molar-refractivity contribution in [3.63, 3.8) is 0 Å². The third-order valence-electron chi connectivity index (χ3n) is 24.5. The number of aliphatic carboxylic acids is 2. The van der Waals surface area contributed by atoms with Gasteiger partial charge in [0.2, 0.25) is 0 Å². The van der Waals surface area contributed by atoms with Crippen LogP contribution in [-0.2, 0) is 42.7 Å². The molecule has 0 radical (unpaired) electrons. The number of rotatable bonds is 14. The molecule has 28 atom stereocenters. The second-order valence-corrected chi connectivity index (χ2v) is 32.7. The van der Waals surface area contributed by atoms with Gasteiger partial charge in [-0.3, -0.25) is 32.0 Å². The summed E-state index contributed by atoms with van der Waals surface area (Å²) in [6.07, 6.45) is -4.33. The standard InChI is InChI=1S/2C13H17FN4O.C12H15FN4O2.C11H12FN5O3.C11H14FN5O2.C10H10FN5O4.C10H12FN5O3/c2*1-4-9-7(2)10(14)13(19-9)18-6-17-11-8(3)15-5-16-12(11)18;1-3-7-10(18)8(13)12(19-7)17-5-16-9-6(2)14-4-15-11(9)17;1-4-5(12)10(20-7(4)11(18)19)17-3-16-6-8(13)14-2-15-9(6)17;1-5-6(2-18)19-11(7(5)12)17-4-16-8-9(13)14-3-15-10(8)17;11-3-5(17)6(10(18)19)20-9(3)16-2-15-4-7(12)13-1-14-8(4)16;11-5-7(18)4(1-17)19-10(5)16-3-15-6-8(12)13-2-14-9(6)16/h2*5-7,9-10,13H,4H2,1-3H3;4-5,7-8,10,12,18H,3H2,1-2H3;2-5,7,10H,1H3,(H,18,19)(H2,13,14,15);3-7,11,18H,2H2,1H3,(H2,13,14,15);1-3,5-6,9,17H,(H,18,19)(H2,12,13,14);2-5,7,10,17-18H,1H2,(H2,12,13,14)/t2*7-,9-,10+,13-;7-,8+,10-,12-;4-,5-,7-,10+;5-,6-,7+,11-;3-,5-,6-,9+;4-,5+,7-,10-/m1110101/s1. The molecule has 0 aliphatic carbocycles. The second-order valence-electron chi connectivity index (χ2n) is 32.7. The van der Waals surface area contributed by atoms with E-state index in [2.05, 4.69) is 105 Å². The largest absolute Gasteiger partial charge is 0.479 e. The highest BCUT2D eigenvalue weighted by molar-refractivity contribution is 5.84. The van der Waals surface area contributed by atoms with Crippen molar-refractivity contribution in [2.24, 2.45) is 23.7 Å². The number of aromatic nitrogens is 28. The lowest BCUT2D eigenvalue weighted by molar-refractivity contribution is -0.155. The lowest BCUT2D eigenvalue weighted by Gasteiger charge is -2.15. The third-order valence-corrected chi connectivity index (χ3v) is 24.5. The zero-order valence-electron chi connectivity index (χ0n) is 73.6. The quantitative estimate of drug-likeness (QED) is 0.0657. The Labute approximate surface area is 758 Å². The van der Waals surface area contributed by atoms with E-state index in [1.165, 1.54) is 106 Å². The van der Waals surface area contributed by atoms with E-state index in [9.17, 15) is 55.6 Å². The summed E-state index contributed by atoms with van der Waals surface area (Å²) >= 11 is 0. The Bertz CT molecular complexity index is 5770. The minimum atomic E-state index is -1.93. The number of aryl methyl sites for hydroxylation is 3. The maximum absolute atomic E-state index is 14.4. The fraction of sp³-hybridized carbons (Fsp3) is 0.537. The summed E-state index contributed by atoms with van der Waals surface area (Å²) in [5, 5.41) is 65.0. The average Bonchev–Trinajstić information content (AvgIpc) is 1.63. The molecule has 0 unspecified atom stereocenters. The first-order valence-electron chi connectivity index (χ1n) is 42.6. The number of anilines is 4. The van der Waals surface area contributed by atoms with Crippen molar-refractivity contribution in [2.75, 3.05) is 36.1 Å². The van der Waals surface area contributed by atoms with E-state index in [1.807, 2.05) is 55.4 Å². The molecule has 14 aromatic heterocycles. The molecular weight excluding hydrogens is 1800 g/mol. The van der Waals surface area contributed by atoms with Gasteiger partial charge >= 0.3 is 11.9 Å². The Morgan fingerprint density at radius 1 is 0.296 bits per heavy atom. The predicted octanol–water partition coefficient (Wildman–Crippen LogP) is 4.70. The number of hydrogen-bond acceptors (Lipinski definition) is 39. The van der Waals surface area contributed by atoms with Crippen LogP contribution in [0.15, 0.2) is 88.6 Å². The molecule has 0 bridgehead atoms. The number of imidazole rings is 7. The molecule has 7 aliphatic rings. The second kappa shape index (κ2) is 40.3. The molecule has 55 heteroatoms. The molecule has 21 rings (SSSR count). The molecule has 7 fully saturated rings. The number of halogens is 7. The molecule has 0 aromatic carbocycles. The van der Waals surface area contributed by atoms with Crippen molar-refractivity contribution in [1.82, 2.24) is 137 Å². The van der Waals surface area contributed by atoms with Gasteiger partial charge in [0.25, 0.3) is 0 Å². The summed E-state index contributed by atoms with van der Waals surface area (Å²) in [5.74, 6) is -3.34. The van der Waals surface area contributed by atoms with Crippen LogP contribution >= 0.6 is 0 Å². The highest BCUT2D eigenvalue weighted by Crippen LogP contribution is 2.45. The fourth-order valence-corrected chi connectivity index (χ4v) is 16.7. The van der Waals surface area contributed by atoms with E-state index in [0.29, 0.717) is 73.4 Å². The van der Waals surface area contributed by atoms with Gasteiger partial charge in [-0.2, -0.15) is 0 Å².